The number of ether oxygens (including phenoxy) is 6. The molecule has 0 aliphatic carbocycles. The maximum atomic E-state index is 12.8. The molecule has 0 unspecified atom stereocenters. The summed E-state index contributed by atoms with van der Waals surface area (Å²) in [5.41, 5.74) is 18.3. The molecule has 11 rings (SSSR count). The SMILES string of the molecule is CCOP(=O)(Cc1cc(C#N)c(CP(=O)(C#CO)C#CO)cc1C#N)OCC.COc1ccc(N(c2ccc(C=O)cc2)c2ccc(OC)cc2)cc1.[C-]#[N+]c1cc(C=Cc2ccc(N(c3ccc(OC)cc3)c3ccc(OC)cc3)cc2)c(C#N)cc1C=Cc1ccc(N(c2ccc(OC)cc2)c2ccc(OC)cc2)cc1. The molecule has 0 atom stereocenters. The number of nitrogens with zero attached hydrogens (tertiary/aromatic N) is 7. The van der Waals surface area contributed by atoms with Crippen LogP contribution in [-0.2, 0) is 30.5 Å². The van der Waals surface area contributed by atoms with Crippen LogP contribution >= 0.6 is 14.7 Å². The summed E-state index contributed by atoms with van der Waals surface area (Å²) in [6.45, 7) is 11.6. The van der Waals surface area contributed by atoms with Gasteiger partial charge in [0.1, 0.15) is 53.0 Å². The lowest BCUT2D eigenvalue weighted by Crippen LogP contribution is -2.09. The highest BCUT2D eigenvalue weighted by atomic mass is 31.2. The lowest BCUT2D eigenvalue weighted by molar-refractivity contribution is 0.112. The number of hydrogen-bond acceptors (Lipinski definition) is 19. The number of rotatable bonds is 28. The minimum atomic E-state index is -3.68. The zero-order chi connectivity index (χ0) is 80.7. The number of anilines is 9. The van der Waals surface area contributed by atoms with Gasteiger partial charge in [-0.25, -0.2) is 4.85 Å². The molecule has 0 saturated heterocycles. The minimum Gasteiger partial charge on any atom is -0.497 e. The fourth-order valence-electron chi connectivity index (χ4n) is 11.8. The van der Waals surface area contributed by atoms with Crippen molar-refractivity contribution in [2.75, 3.05) is 70.6 Å². The van der Waals surface area contributed by atoms with Crippen molar-refractivity contribution in [3.63, 3.8) is 0 Å². The quantitative estimate of drug-likeness (QED) is 0.0152. The Kier molecular flexibility index (Phi) is 30.0. The van der Waals surface area contributed by atoms with E-state index < -0.39 is 14.7 Å². The molecular formula is C91H79N7O13P2. The van der Waals surface area contributed by atoms with E-state index >= 15 is 0 Å². The molecule has 20 nitrogen and oxygen atoms in total. The van der Waals surface area contributed by atoms with Crippen LogP contribution in [0, 0.1) is 64.1 Å². The third-order valence-corrected chi connectivity index (χ3v) is 21.1. The van der Waals surface area contributed by atoms with Crippen molar-refractivity contribution in [3.8, 4) is 76.2 Å². The number of carbonyl (C=O) groups excluding carboxylic acids is 1. The highest BCUT2D eigenvalue weighted by Gasteiger charge is 2.28. The van der Waals surface area contributed by atoms with Gasteiger partial charge in [-0.3, -0.25) is 13.9 Å². The first-order valence-corrected chi connectivity index (χ1v) is 38.7. The predicted octanol–water partition coefficient (Wildman–Crippen LogP) is 22.1. The molecule has 0 spiro atoms. The first-order valence-electron chi connectivity index (χ1n) is 35.1. The number of aldehydes is 1. The van der Waals surface area contributed by atoms with Gasteiger partial charge in [0.15, 0.2) is 5.69 Å². The van der Waals surface area contributed by atoms with Crippen molar-refractivity contribution in [1.29, 1.82) is 15.8 Å². The van der Waals surface area contributed by atoms with E-state index in [9.17, 15) is 29.7 Å². The second-order valence-electron chi connectivity index (χ2n) is 24.3. The topological polar surface area (TPSA) is 251 Å². The van der Waals surface area contributed by atoms with E-state index in [0.717, 1.165) is 103 Å². The molecule has 22 heteroatoms. The van der Waals surface area contributed by atoms with Gasteiger partial charge in [-0.05, 0) is 266 Å². The molecule has 0 aliphatic rings. The summed E-state index contributed by atoms with van der Waals surface area (Å²) in [7, 11) is 2.72. The molecule has 0 amide bonds. The Bertz CT molecular complexity index is 5180. The Balaban J connectivity index is 0.000000228. The molecule has 0 aliphatic heterocycles. The van der Waals surface area contributed by atoms with Crippen LogP contribution < -0.4 is 43.1 Å². The molecule has 11 aromatic carbocycles. The largest absolute Gasteiger partial charge is 0.497 e. The summed E-state index contributed by atoms with van der Waals surface area (Å²) in [5.74, 6) is 4.72. The van der Waals surface area contributed by atoms with Crippen molar-refractivity contribution in [2.24, 2.45) is 0 Å². The maximum absolute atomic E-state index is 12.8. The van der Waals surface area contributed by atoms with Gasteiger partial charge in [0.2, 0.25) is 7.14 Å². The minimum absolute atomic E-state index is 0.0632. The van der Waals surface area contributed by atoms with E-state index in [2.05, 4.69) is 49.9 Å². The lowest BCUT2D eigenvalue weighted by Gasteiger charge is -2.26. The molecule has 113 heavy (non-hydrogen) atoms. The zero-order valence-corrected chi connectivity index (χ0v) is 65.0. The first-order chi connectivity index (χ1) is 55.0. The van der Waals surface area contributed by atoms with Crippen LogP contribution in [0.15, 0.2) is 243 Å². The normalized spacial score (nSPS) is 10.6. The van der Waals surface area contributed by atoms with Crippen LogP contribution in [0.1, 0.15) is 74.3 Å². The van der Waals surface area contributed by atoms with Gasteiger partial charge >= 0.3 is 7.60 Å². The van der Waals surface area contributed by atoms with Crippen molar-refractivity contribution in [3.05, 3.63) is 310 Å². The Morgan fingerprint density at radius 2 is 0.655 bits per heavy atom. The standard InChI is InChI=1S/C52H42N4O4.C21H19NO3.C18H18N2O6P2/c1-54-52-35-39(12-6-37-8-14-42(15-9-37)55(44-18-26-48(57-2)27-19-44)45-20-28-49(58-3)29-21-45)41(36-53)34-40(52)13-7-38-10-16-43(17-11-38)56(46-22-30-50(59-4)31-23-46)47-24-32-51(60-5)33-25-47;1-24-20-11-7-18(8-12-20)22(17-5-3-16(15-23)4-6-17)19-9-13-21(25-2)14-10-19;1-3-25-28(24,26-4-2)14-18-10-15(11-19)17(9-16(18)12-20)13-27(23,7-5-21)8-6-22/h6-35H,2-5H3;3-15H,1-2H3;9-10,21-22H,3-4,13-14H2,1-2H3. The van der Waals surface area contributed by atoms with Crippen LogP contribution in [0.3, 0.4) is 0 Å². The van der Waals surface area contributed by atoms with Crippen LogP contribution in [0.4, 0.5) is 56.9 Å². The highest BCUT2D eigenvalue weighted by molar-refractivity contribution is 7.73. The van der Waals surface area contributed by atoms with Gasteiger partial charge in [0.05, 0.1) is 104 Å². The third-order valence-electron chi connectivity index (χ3n) is 17.4. The monoisotopic (exact) mass is 1540 g/mol. The first kappa shape index (κ1) is 82.9. The second-order valence-corrected chi connectivity index (χ2v) is 28.6. The van der Waals surface area contributed by atoms with Gasteiger partial charge in [0.25, 0.3) is 0 Å². The zero-order valence-electron chi connectivity index (χ0n) is 63.2. The van der Waals surface area contributed by atoms with Crippen molar-refractivity contribution in [2.45, 2.75) is 26.2 Å². The maximum Gasteiger partial charge on any atom is 0.335 e. The summed E-state index contributed by atoms with van der Waals surface area (Å²) < 4.78 is 67.9. The fourth-order valence-corrected chi connectivity index (χ4v) is 14.8. The van der Waals surface area contributed by atoms with Crippen LogP contribution in [0.2, 0.25) is 0 Å². The molecule has 0 bridgehead atoms. The number of carbonyl (C=O) groups is 1. The number of nitriles is 3. The summed E-state index contributed by atoms with van der Waals surface area (Å²) in [4.78, 5) is 21.2. The fraction of sp³-hybridized carbons (Fsp3) is 0.132. The van der Waals surface area contributed by atoms with E-state index in [0.29, 0.717) is 27.9 Å². The lowest BCUT2D eigenvalue weighted by atomic mass is 10.0. The molecule has 0 radical (unpaired) electrons. The van der Waals surface area contributed by atoms with Gasteiger partial charge in [-0.2, -0.15) is 15.8 Å². The van der Waals surface area contributed by atoms with Gasteiger partial charge in [-0.1, -0.05) is 48.6 Å². The smallest absolute Gasteiger partial charge is 0.335 e. The van der Waals surface area contributed by atoms with Crippen molar-refractivity contribution < 1.29 is 61.6 Å². The molecule has 0 heterocycles. The van der Waals surface area contributed by atoms with Gasteiger partial charge < -0.3 is 62.4 Å². The van der Waals surface area contributed by atoms with E-state index in [-0.39, 0.29) is 47.8 Å². The summed E-state index contributed by atoms with van der Waals surface area (Å²) in [6, 6.07) is 83.6. The summed E-state index contributed by atoms with van der Waals surface area (Å²) >= 11 is 0. The number of methoxy groups -OCH3 is 6. The molecule has 2 N–H and O–H groups in total. The summed E-state index contributed by atoms with van der Waals surface area (Å²) in [6.07, 6.45) is 11.0. The Hall–Kier alpha value is -14.2. The van der Waals surface area contributed by atoms with Gasteiger partial charge in [0, 0.05) is 74.2 Å². The highest BCUT2D eigenvalue weighted by Crippen LogP contribution is 2.53. The molecule has 566 valence electrons. The van der Waals surface area contributed by atoms with E-state index in [4.69, 9.17) is 54.3 Å². The Labute approximate surface area is 658 Å². The van der Waals surface area contributed by atoms with E-state index in [1.165, 1.54) is 24.3 Å². The van der Waals surface area contributed by atoms with Crippen molar-refractivity contribution >= 4 is 102 Å². The molecule has 0 aromatic heterocycles. The molecule has 0 fully saturated rings. The van der Waals surface area contributed by atoms with Crippen LogP contribution in [0.25, 0.3) is 29.1 Å². The third kappa shape index (κ3) is 22.1. The average Bonchev–Trinajstić information content (AvgIpc) is 0.789. The Morgan fingerprint density at radius 1 is 0.381 bits per heavy atom. The molecule has 11 aromatic rings. The van der Waals surface area contributed by atoms with E-state index in [1.54, 1.807) is 68.6 Å². The number of aliphatic hydroxyl groups excluding tert-OH is 2. The van der Waals surface area contributed by atoms with Crippen LogP contribution in [-0.4, -0.2) is 72.4 Å². The predicted molar refractivity (Wildman–Crippen MR) is 445 cm³/mol. The molecular weight excluding hydrogens is 1460 g/mol. The van der Waals surface area contributed by atoms with Crippen molar-refractivity contribution in [1.82, 2.24) is 0 Å². The second kappa shape index (κ2) is 40.9. The molecule has 0 saturated carbocycles. The Morgan fingerprint density at radius 3 is 0.912 bits per heavy atom. The number of hydrogen-bond donors (Lipinski definition) is 2. The average molecular weight is 1540 g/mol. The van der Waals surface area contributed by atoms with Crippen LogP contribution in [0.5, 0.6) is 34.5 Å². The van der Waals surface area contributed by atoms with Gasteiger partial charge in [-0.15, -0.1) is 0 Å². The van der Waals surface area contributed by atoms with E-state index in [1.807, 2.05) is 242 Å². The number of aliphatic hydroxyl groups is 2. The number of benzene rings is 11. The summed E-state index contributed by atoms with van der Waals surface area (Å²) in [5, 5.41) is 46.6.